The van der Waals surface area contributed by atoms with E-state index in [4.69, 9.17) is 14.7 Å². The zero-order valence-electron chi connectivity index (χ0n) is 10.1. The molecule has 15 heavy (non-hydrogen) atoms. The molecule has 0 aromatic carbocycles. The van der Waals surface area contributed by atoms with Gasteiger partial charge in [-0.15, -0.1) is 0 Å². The maximum atomic E-state index is 11.6. The van der Waals surface area contributed by atoms with Gasteiger partial charge in [0.2, 0.25) is 0 Å². The summed E-state index contributed by atoms with van der Waals surface area (Å²) in [6.45, 7) is 8.96. The number of aliphatic hydroxyl groups excluding tert-OH is 1. The van der Waals surface area contributed by atoms with Gasteiger partial charge in [0.25, 0.3) is 0 Å². The standard InChI is InChI=1S/C10H21NO4/c1-6-14-11(8(2)7-12)9(13)15-10(3,4)5/h8,12H,6-7H2,1-5H3/t8-/m1/s1. The molecule has 0 radical (unpaired) electrons. The van der Waals surface area contributed by atoms with Crippen molar-refractivity contribution >= 4 is 6.09 Å². The highest BCUT2D eigenvalue weighted by molar-refractivity contribution is 5.67. The Labute approximate surface area is 90.9 Å². The topological polar surface area (TPSA) is 59.0 Å². The predicted molar refractivity (Wildman–Crippen MR) is 56.2 cm³/mol. The van der Waals surface area contributed by atoms with E-state index >= 15 is 0 Å². The van der Waals surface area contributed by atoms with E-state index in [0.717, 1.165) is 5.06 Å². The van der Waals surface area contributed by atoms with Gasteiger partial charge >= 0.3 is 6.09 Å². The van der Waals surface area contributed by atoms with Crippen molar-refractivity contribution in [2.24, 2.45) is 0 Å². The molecule has 0 bridgehead atoms. The molecule has 5 heteroatoms. The van der Waals surface area contributed by atoms with Crippen LogP contribution in [0.2, 0.25) is 0 Å². The van der Waals surface area contributed by atoms with Crippen LogP contribution in [0.25, 0.3) is 0 Å². The van der Waals surface area contributed by atoms with Crippen molar-refractivity contribution in [3.63, 3.8) is 0 Å². The number of hydrogen-bond donors (Lipinski definition) is 1. The molecule has 1 N–H and O–H groups in total. The van der Waals surface area contributed by atoms with Crippen LogP contribution >= 0.6 is 0 Å². The van der Waals surface area contributed by atoms with Crippen LogP contribution in [0.3, 0.4) is 0 Å². The van der Waals surface area contributed by atoms with Crippen LogP contribution in [-0.4, -0.2) is 41.1 Å². The molecule has 90 valence electrons. The molecule has 1 atom stereocenters. The lowest BCUT2D eigenvalue weighted by atomic mass is 10.2. The third kappa shape index (κ3) is 5.59. The zero-order chi connectivity index (χ0) is 12.1. The van der Waals surface area contributed by atoms with E-state index in [0.29, 0.717) is 6.61 Å². The Balaban J connectivity index is 4.42. The first-order valence-electron chi connectivity index (χ1n) is 5.07. The summed E-state index contributed by atoms with van der Waals surface area (Å²) in [6.07, 6.45) is -0.578. The lowest BCUT2D eigenvalue weighted by molar-refractivity contribution is -0.169. The SMILES string of the molecule is CCON(C(=O)OC(C)(C)C)[C@H](C)CO. The highest BCUT2D eigenvalue weighted by atomic mass is 16.7. The van der Waals surface area contributed by atoms with E-state index in [1.165, 1.54) is 0 Å². The molecule has 0 aliphatic carbocycles. The second-order valence-electron chi connectivity index (χ2n) is 4.26. The number of carbonyl (C=O) groups excluding carboxylic acids is 1. The van der Waals surface area contributed by atoms with Gasteiger partial charge in [0, 0.05) is 0 Å². The second-order valence-corrected chi connectivity index (χ2v) is 4.26. The van der Waals surface area contributed by atoms with Crippen molar-refractivity contribution < 1.29 is 19.5 Å². The summed E-state index contributed by atoms with van der Waals surface area (Å²) in [6, 6.07) is -0.417. The van der Waals surface area contributed by atoms with Crippen molar-refractivity contribution in [3.05, 3.63) is 0 Å². The van der Waals surface area contributed by atoms with Crippen molar-refractivity contribution in [2.45, 2.75) is 46.3 Å². The first-order valence-corrected chi connectivity index (χ1v) is 5.07. The highest BCUT2D eigenvalue weighted by Crippen LogP contribution is 2.12. The number of hydrogen-bond acceptors (Lipinski definition) is 4. The number of hydroxylamine groups is 2. The molecule has 0 unspecified atom stereocenters. The molecular formula is C10H21NO4. The Morgan fingerprint density at radius 3 is 2.33 bits per heavy atom. The van der Waals surface area contributed by atoms with Crippen LogP contribution in [0.4, 0.5) is 4.79 Å². The van der Waals surface area contributed by atoms with Crippen LogP contribution in [0.5, 0.6) is 0 Å². The molecule has 0 rings (SSSR count). The van der Waals surface area contributed by atoms with Gasteiger partial charge in [-0.25, -0.2) is 4.79 Å². The first kappa shape index (κ1) is 14.2. The zero-order valence-corrected chi connectivity index (χ0v) is 10.1. The van der Waals surface area contributed by atoms with Gasteiger partial charge in [-0.1, -0.05) is 0 Å². The minimum atomic E-state index is -0.578. The smallest absolute Gasteiger partial charge is 0.434 e. The highest BCUT2D eigenvalue weighted by Gasteiger charge is 2.26. The molecular weight excluding hydrogens is 198 g/mol. The lowest BCUT2D eigenvalue weighted by Gasteiger charge is -2.29. The molecule has 0 aliphatic rings. The van der Waals surface area contributed by atoms with Gasteiger partial charge in [-0.05, 0) is 34.6 Å². The van der Waals surface area contributed by atoms with E-state index in [9.17, 15) is 4.79 Å². The quantitative estimate of drug-likeness (QED) is 0.729. The Morgan fingerprint density at radius 2 is 2.00 bits per heavy atom. The van der Waals surface area contributed by atoms with Crippen molar-refractivity contribution in [1.82, 2.24) is 5.06 Å². The molecule has 0 aromatic rings. The van der Waals surface area contributed by atoms with Crippen LogP contribution < -0.4 is 0 Å². The van der Waals surface area contributed by atoms with Gasteiger partial charge in [0.15, 0.2) is 0 Å². The van der Waals surface area contributed by atoms with Crippen molar-refractivity contribution in [3.8, 4) is 0 Å². The summed E-state index contributed by atoms with van der Waals surface area (Å²) in [5.74, 6) is 0. The minimum absolute atomic E-state index is 0.167. The Hall–Kier alpha value is -0.810. The lowest BCUT2D eigenvalue weighted by Crippen LogP contribution is -2.43. The van der Waals surface area contributed by atoms with Crippen LogP contribution in [0.15, 0.2) is 0 Å². The molecule has 0 spiro atoms. The number of aliphatic hydroxyl groups is 1. The molecule has 0 aliphatic heterocycles. The molecule has 0 aromatic heterocycles. The van der Waals surface area contributed by atoms with E-state index < -0.39 is 17.7 Å². The van der Waals surface area contributed by atoms with E-state index in [2.05, 4.69) is 0 Å². The van der Waals surface area contributed by atoms with Crippen molar-refractivity contribution in [1.29, 1.82) is 0 Å². The molecule has 0 heterocycles. The van der Waals surface area contributed by atoms with E-state index in [-0.39, 0.29) is 6.61 Å². The first-order chi connectivity index (χ1) is 6.81. The van der Waals surface area contributed by atoms with Gasteiger partial charge in [-0.2, -0.15) is 5.06 Å². The van der Waals surface area contributed by atoms with Gasteiger partial charge < -0.3 is 9.84 Å². The molecule has 5 nitrogen and oxygen atoms in total. The van der Waals surface area contributed by atoms with E-state index in [1.807, 2.05) is 0 Å². The van der Waals surface area contributed by atoms with Gasteiger partial charge in [-0.3, -0.25) is 4.84 Å². The Kier molecular flexibility index (Phi) is 5.60. The minimum Gasteiger partial charge on any atom is -0.442 e. The number of ether oxygens (including phenoxy) is 1. The fourth-order valence-corrected chi connectivity index (χ4v) is 0.880. The van der Waals surface area contributed by atoms with E-state index in [1.54, 1.807) is 34.6 Å². The number of amides is 1. The molecule has 0 saturated heterocycles. The summed E-state index contributed by atoms with van der Waals surface area (Å²) in [5.41, 5.74) is -0.568. The molecule has 0 saturated carbocycles. The van der Waals surface area contributed by atoms with Gasteiger partial charge in [0.1, 0.15) is 5.60 Å². The van der Waals surface area contributed by atoms with Crippen LogP contribution in [-0.2, 0) is 9.57 Å². The maximum absolute atomic E-state index is 11.6. The average molecular weight is 219 g/mol. The Bertz CT molecular complexity index is 200. The molecule has 0 fully saturated rings. The monoisotopic (exact) mass is 219 g/mol. The summed E-state index contributed by atoms with van der Waals surface area (Å²) in [7, 11) is 0. The normalized spacial score (nSPS) is 13.5. The number of carbonyl (C=O) groups is 1. The third-order valence-electron chi connectivity index (χ3n) is 1.51. The number of nitrogens with zero attached hydrogens (tertiary/aromatic N) is 1. The Morgan fingerprint density at radius 1 is 1.47 bits per heavy atom. The summed E-state index contributed by atoms with van der Waals surface area (Å²) in [4.78, 5) is 16.7. The third-order valence-corrected chi connectivity index (χ3v) is 1.51. The van der Waals surface area contributed by atoms with Gasteiger partial charge in [0.05, 0.1) is 19.3 Å². The predicted octanol–water partition coefficient (Wildman–Crippen LogP) is 1.56. The number of rotatable bonds is 4. The molecule has 1 amide bonds. The summed E-state index contributed by atoms with van der Waals surface area (Å²) in [5, 5.41) is 10.0. The second kappa shape index (κ2) is 5.92. The average Bonchev–Trinajstić information content (AvgIpc) is 2.10. The fraction of sp³-hybridized carbons (Fsp3) is 0.900. The fourth-order valence-electron chi connectivity index (χ4n) is 0.880. The van der Waals surface area contributed by atoms with Crippen LogP contribution in [0, 0.1) is 0 Å². The summed E-state index contributed by atoms with van der Waals surface area (Å²) < 4.78 is 5.13. The van der Waals surface area contributed by atoms with Crippen LogP contribution in [0.1, 0.15) is 34.6 Å². The maximum Gasteiger partial charge on any atom is 0.434 e. The summed E-state index contributed by atoms with van der Waals surface area (Å²) >= 11 is 0. The van der Waals surface area contributed by atoms with Crippen molar-refractivity contribution in [2.75, 3.05) is 13.2 Å². The largest absolute Gasteiger partial charge is 0.442 e.